The average molecular weight is 418 g/mol. The lowest BCUT2D eigenvalue weighted by molar-refractivity contribution is -0.123. The Bertz CT molecular complexity index is 1070. The molecule has 158 valence electrons. The summed E-state index contributed by atoms with van der Waals surface area (Å²) in [7, 11) is 0. The zero-order valence-electron chi connectivity index (χ0n) is 17.1. The predicted octanol–water partition coefficient (Wildman–Crippen LogP) is 4.20. The van der Waals surface area contributed by atoms with Crippen molar-refractivity contribution in [3.05, 3.63) is 78.4 Å². The Balaban J connectivity index is 1.57. The summed E-state index contributed by atoms with van der Waals surface area (Å²) in [6.45, 7) is 2.90. The van der Waals surface area contributed by atoms with Crippen molar-refractivity contribution in [2.24, 2.45) is 0 Å². The first-order valence-electron chi connectivity index (χ1n) is 9.61. The van der Waals surface area contributed by atoms with E-state index in [-0.39, 0.29) is 11.7 Å². The maximum absolute atomic E-state index is 12.4. The maximum atomic E-state index is 12.4. The minimum atomic E-state index is -1.00. The summed E-state index contributed by atoms with van der Waals surface area (Å²) in [5, 5.41) is 14.7. The Labute approximate surface area is 179 Å². The van der Waals surface area contributed by atoms with E-state index in [4.69, 9.17) is 4.74 Å². The number of anilines is 2. The highest BCUT2D eigenvalue weighted by Crippen LogP contribution is 2.22. The molecule has 0 aromatic heterocycles. The Morgan fingerprint density at radius 2 is 1.26 bits per heavy atom. The second-order valence-corrected chi connectivity index (χ2v) is 6.92. The highest BCUT2D eigenvalue weighted by atomic mass is 16.5. The third kappa shape index (κ3) is 5.93. The van der Waals surface area contributed by atoms with Gasteiger partial charge in [0.15, 0.2) is 6.10 Å². The van der Waals surface area contributed by atoms with Crippen molar-refractivity contribution in [2.75, 3.05) is 10.6 Å². The Morgan fingerprint density at radius 3 is 1.77 bits per heavy atom. The Kier molecular flexibility index (Phi) is 6.67. The number of nitrogens with one attached hydrogen (secondary N) is 2. The fraction of sp³-hybridized carbons (Fsp3) is 0.125. The fourth-order valence-electron chi connectivity index (χ4n) is 2.82. The first-order chi connectivity index (χ1) is 14.8. The molecular formula is C24H22N2O5. The number of ether oxygens (including phenoxy) is 1. The minimum Gasteiger partial charge on any atom is -0.508 e. The van der Waals surface area contributed by atoms with Gasteiger partial charge in [-0.15, -0.1) is 0 Å². The van der Waals surface area contributed by atoms with Crippen molar-refractivity contribution in [1.82, 2.24) is 0 Å². The summed E-state index contributed by atoms with van der Waals surface area (Å²) < 4.78 is 5.27. The topological polar surface area (TPSA) is 105 Å². The van der Waals surface area contributed by atoms with Gasteiger partial charge in [-0.1, -0.05) is 24.3 Å². The van der Waals surface area contributed by atoms with Crippen LogP contribution < -0.4 is 10.6 Å². The molecule has 7 heteroatoms. The SMILES string of the molecule is CC(=O)Nc1ccc(NC(=O)[C@@H](C)OC(=O)c2ccc(-c3ccc(O)cc3)cc2)cc1. The summed E-state index contributed by atoms with van der Waals surface area (Å²) in [5.74, 6) is -1.09. The van der Waals surface area contributed by atoms with Gasteiger partial charge in [0.1, 0.15) is 5.75 Å². The van der Waals surface area contributed by atoms with E-state index in [9.17, 15) is 19.5 Å². The molecule has 3 aromatic rings. The largest absolute Gasteiger partial charge is 0.508 e. The van der Waals surface area contributed by atoms with Crippen LogP contribution in [-0.2, 0) is 14.3 Å². The Hall–Kier alpha value is -4.13. The number of esters is 1. The summed E-state index contributed by atoms with van der Waals surface area (Å²) in [5.41, 5.74) is 3.22. The van der Waals surface area contributed by atoms with E-state index in [2.05, 4.69) is 10.6 Å². The molecule has 3 rings (SSSR count). The molecule has 7 nitrogen and oxygen atoms in total. The van der Waals surface area contributed by atoms with Gasteiger partial charge in [-0.3, -0.25) is 9.59 Å². The van der Waals surface area contributed by atoms with Crippen LogP contribution in [0.5, 0.6) is 5.75 Å². The average Bonchev–Trinajstić information content (AvgIpc) is 2.75. The summed E-state index contributed by atoms with van der Waals surface area (Å²) >= 11 is 0. The van der Waals surface area contributed by atoms with Gasteiger partial charge in [0.25, 0.3) is 5.91 Å². The monoisotopic (exact) mass is 418 g/mol. The minimum absolute atomic E-state index is 0.180. The summed E-state index contributed by atoms with van der Waals surface area (Å²) in [6, 6.07) is 20.1. The normalized spacial score (nSPS) is 11.3. The van der Waals surface area contributed by atoms with Gasteiger partial charge in [-0.05, 0) is 66.6 Å². The van der Waals surface area contributed by atoms with Crippen LogP contribution in [0.4, 0.5) is 11.4 Å². The molecule has 0 aliphatic heterocycles. The van der Waals surface area contributed by atoms with Crippen molar-refractivity contribution >= 4 is 29.2 Å². The highest BCUT2D eigenvalue weighted by Gasteiger charge is 2.19. The standard InChI is InChI=1S/C24H22N2O5/c1-15(23(29)26-21-11-9-20(10-12-21)25-16(2)27)31-24(30)19-5-3-17(4-6-19)18-7-13-22(28)14-8-18/h3-15,28H,1-2H3,(H,25,27)(H,26,29)/t15-/m1/s1. The highest BCUT2D eigenvalue weighted by molar-refractivity contribution is 5.97. The number of amides is 2. The first-order valence-corrected chi connectivity index (χ1v) is 9.61. The fourth-order valence-corrected chi connectivity index (χ4v) is 2.82. The number of aromatic hydroxyl groups is 1. The molecule has 0 fully saturated rings. The molecule has 0 unspecified atom stereocenters. The zero-order valence-corrected chi connectivity index (χ0v) is 17.1. The van der Waals surface area contributed by atoms with E-state index in [0.717, 1.165) is 11.1 Å². The van der Waals surface area contributed by atoms with E-state index in [1.165, 1.54) is 13.8 Å². The zero-order chi connectivity index (χ0) is 22.4. The lowest BCUT2D eigenvalue weighted by atomic mass is 10.0. The van der Waals surface area contributed by atoms with Gasteiger partial charge in [0.05, 0.1) is 5.56 Å². The molecule has 1 atom stereocenters. The second-order valence-electron chi connectivity index (χ2n) is 6.92. The summed E-state index contributed by atoms with van der Waals surface area (Å²) in [6.07, 6.45) is -1.00. The molecule has 3 aromatic carbocycles. The lowest BCUT2D eigenvalue weighted by Gasteiger charge is -2.14. The van der Waals surface area contributed by atoms with E-state index < -0.39 is 18.0 Å². The lowest BCUT2D eigenvalue weighted by Crippen LogP contribution is -2.30. The molecule has 0 saturated heterocycles. The molecule has 0 bridgehead atoms. The molecule has 3 N–H and O–H groups in total. The van der Waals surface area contributed by atoms with Crippen molar-refractivity contribution in [1.29, 1.82) is 0 Å². The molecular weight excluding hydrogens is 396 g/mol. The van der Waals surface area contributed by atoms with Crippen LogP contribution in [0.25, 0.3) is 11.1 Å². The van der Waals surface area contributed by atoms with Gasteiger partial charge < -0.3 is 20.5 Å². The van der Waals surface area contributed by atoms with Gasteiger partial charge >= 0.3 is 5.97 Å². The molecule has 0 spiro atoms. The smallest absolute Gasteiger partial charge is 0.338 e. The van der Waals surface area contributed by atoms with Crippen LogP contribution in [0.1, 0.15) is 24.2 Å². The first kappa shape index (κ1) is 21.6. The number of hydrogen-bond acceptors (Lipinski definition) is 5. The van der Waals surface area contributed by atoms with Crippen LogP contribution in [0, 0.1) is 0 Å². The van der Waals surface area contributed by atoms with Crippen LogP contribution in [0.15, 0.2) is 72.8 Å². The number of rotatable bonds is 6. The van der Waals surface area contributed by atoms with Crippen LogP contribution >= 0.6 is 0 Å². The number of benzene rings is 3. The van der Waals surface area contributed by atoms with Crippen molar-refractivity contribution in [3.8, 4) is 16.9 Å². The van der Waals surface area contributed by atoms with E-state index in [0.29, 0.717) is 16.9 Å². The third-order valence-corrected chi connectivity index (χ3v) is 4.45. The maximum Gasteiger partial charge on any atom is 0.338 e. The number of carbonyl (C=O) groups excluding carboxylic acids is 3. The molecule has 0 heterocycles. The van der Waals surface area contributed by atoms with Gasteiger partial charge in [0, 0.05) is 18.3 Å². The van der Waals surface area contributed by atoms with Crippen molar-refractivity contribution < 1.29 is 24.2 Å². The molecule has 0 saturated carbocycles. The van der Waals surface area contributed by atoms with Crippen LogP contribution in [0.3, 0.4) is 0 Å². The van der Waals surface area contributed by atoms with Crippen molar-refractivity contribution in [3.63, 3.8) is 0 Å². The van der Waals surface area contributed by atoms with Crippen LogP contribution in [-0.4, -0.2) is 29.0 Å². The van der Waals surface area contributed by atoms with Crippen molar-refractivity contribution in [2.45, 2.75) is 20.0 Å². The van der Waals surface area contributed by atoms with E-state index >= 15 is 0 Å². The quantitative estimate of drug-likeness (QED) is 0.521. The second kappa shape index (κ2) is 9.58. The third-order valence-electron chi connectivity index (χ3n) is 4.45. The van der Waals surface area contributed by atoms with Crippen LogP contribution in [0.2, 0.25) is 0 Å². The summed E-state index contributed by atoms with van der Waals surface area (Å²) in [4.78, 5) is 35.8. The Morgan fingerprint density at radius 1 is 0.774 bits per heavy atom. The number of hydrogen-bond donors (Lipinski definition) is 3. The van der Waals surface area contributed by atoms with Gasteiger partial charge in [0.2, 0.25) is 5.91 Å². The molecule has 0 aliphatic carbocycles. The molecule has 0 aliphatic rings. The molecule has 0 radical (unpaired) electrons. The number of carbonyl (C=O) groups is 3. The molecule has 31 heavy (non-hydrogen) atoms. The molecule has 2 amide bonds. The predicted molar refractivity (Wildman–Crippen MR) is 118 cm³/mol. The van der Waals surface area contributed by atoms with Gasteiger partial charge in [-0.25, -0.2) is 4.79 Å². The number of phenolic OH excluding ortho intramolecular Hbond substituents is 1. The van der Waals surface area contributed by atoms with E-state index in [1.807, 2.05) is 0 Å². The van der Waals surface area contributed by atoms with E-state index in [1.54, 1.807) is 72.8 Å². The number of phenols is 1. The van der Waals surface area contributed by atoms with Gasteiger partial charge in [-0.2, -0.15) is 0 Å².